The summed E-state index contributed by atoms with van der Waals surface area (Å²) in [5.41, 5.74) is 5.42. The number of carbonyl (C=O) groups excluding carboxylic acids is 1. The minimum Gasteiger partial charge on any atom is -0.356 e. The van der Waals surface area contributed by atoms with Gasteiger partial charge < -0.3 is 16.0 Å². The van der Waals surface area contributed by atoms with Crippen molar-refractivity contribution in [1.29, 1.82) is 0 Å². The van der Waals surface area contributed by atoms with Crippen LogP contribution in [-0.2, 0) is 4.79 Å². The van der Waals surface area contributed by atoms with Crippen molar-refractivity contribution in [2.75, 3.05) is 32.7 Å². The molecule has 0 bridgehead atoms. The molecule has 0 spiro atoms. The maximum absolute atomic E-state index is 11.5. The van der Waals surface area contributed by atoms with Crippen molar-refractivity contribution in [2.24, 2.45) is 5.73 Å². The van der Waals surface area contributed by atoms with Gasteiger partial charge in [0.05, 0.1) is 0 Å². The Bertz CT molecular complexity index is 215. The minimum atomic E-state index is 0.212. The van der Waals surface area contributed by atoms with E-state index in [-0.39, 0.29) is 5.91 Å². The molecule has 1 fully saturated rings. The SMILES string of the molecule is NCCCCCCC(=O)NCCCN1CCCC1. The number of nitrogens with one attached hydrogen (secondary N) is 1. The van der Waals surface area contributed by atoms with Gasteiger partial charge in [-0.1, -0.05) is 12.8 Å². The van der Waals surface area contributed by atoms with Crippen LogP contribution in [0.5, 0.6) is 0 Å². The molecule has 0 unspecified atom stereocenters. The van der Waals surface area contributed by atoms with E-state index < -0.39 is 0 Å². The van der Waals surface area contributed by atoms with E-state index in [1.54, 1.807) is 0 Å². The van der Waals surface area contributed by atoms with Gasteiger partial charge in [-0.15, -0.1) is 0 Å². The van der Waals surface area contributed by atoms with Crippen LogP contribution in [-0.4, -0.2) is 43.5 Å². The third-order valence-corrected chi connectivity index (χ3v) is 3.53. The standard InChI is InChI=1S/C14H29N3O/c15-9-4-2-1-3-8-14(18)16-10-7-13-17-11-5-6-12-17/h1-13,15H2,(H,16,18). The van der Waals surface area contributed by atoms with Gasteiger partial charge in [0, 0.05) is 13.0 Å². The maximum Gasteiger partial charge on any atom is 0.219 e. The molecule has 0 aromatic rings. The molecule has 0 saturated carbocycles. The maximum atomic E-state index is 11.5. The number of unbranched alkanes of at least 4 members (excludes halogenated alkanes) is 3. The first-order valence-corrected chi connectivity index (χ1v) is 7.52. The predicted molar refractivity (Wildman–Crippen MR) is 75.4 cm³/mol. The van der Waals surface area contributed by atoms with E-state index in [1.165, 1.54) is 25.9 Å². The molecule has 1 saturated heterocycles. The molecule has 0 aliphatic carbocycles. The van der Waals surface area contributed by atoms with Crippen LogP contribution in [0.25, 0.3) is 0 Å². The fourth-order valence-electron chi connectivity index (χ4n) is 2.41. The van der Waals surface area contributed by atoms with Gasteiger partial charge >= 0.3 is 0 Å². The van der Waals surface area contributed by atoms with Crippen LogP contribution < -0.4 is 11.1 Å². The van der Waals surface area contributed by atoms with Crippen molar-refractivity contribution in [2.45, 2.75) is 51.4 Å². The number of nitrogens with two attached hydrogens (primary N) is 1. The zero-order chi connectivity index (χ0) is 13.1. The van der Waals surface area contributed by atoms with E-state index in [4.69, 9.17) is 5.73 Å². The van der Waals surface area contributed by atoms with E-state index in [0.717, 1.165) is 51.7 Å². The lowest BCUT2D eigenvalue weighted by molar-refractivity contribution is -0.121. The van der Waals surface area contributed by atoms with Crippen LogP contribution in [0.4, 0.5) is 0 Å². The van der Waals surface area contributed by atoms with Crippen LogP contribution in [0.1, 0.15) is 51.4 Å². The predicted octanol–water partition coefficient (Wildman–Crippen LogP) is 1.50. The highest BCUT2D eigenvalue weighted by atomic mass is 16.1. The van der Waals surface area contributed by atoms with Gasteiger partial charge in [0.2, 0.25) is 5.91 Å². The molecular formula is C14H29N3O. The Balaban J connectivity index is 1.84. The fraction of sp³-hybridized carbons (Fsp3) is 0.929. The normalized spacial score (nSPS) is 16.1. The van der Waals surface area contributed by atoms with E-state index in [0.29, 0.717) is 6.42 Å². The number of carbonyl (C=O) groups is 1. The molecule has 1 heterocycles. The molecule has 1 rings (SSSR count). The van der Waals surface area contributed by atoms with Gasteiger partial charge in [0.25, 0.3) is 0 Å². The Labute approximate surface area is 111 Å². The molecule has 18 heavy (non-hydrogen) atoms. The highest BCUT2D eigenvalue weighted by Gasteiger charge is 2.10. The zero-order valence-corrected chi connectivity index (χ0v) is 11.6. The molecule has 1 amide bonds. The fourth-order valence-corrected chi connectivity index (χ4v) is 2.41. The summed E-state index contributed by atoms with van der Waals surface area (Å²) in [4.78, 5) is 14.0. The van der Waals surface area contributed by atoms with Crippen LogP contribution in [0.3, 0.4) is 0 Å². The average Bonchev–Trinajstić information content (AvgIpc) is 2.87. The third kappa shape index (κ3) is 7.67. The average molecular weight is 255 g/mol. The van der Waals surface area contributed by atoms with Gasteiger partial charge in [0.15, 0.2) is 0 Å². The summed E-state index contributed by atoms with van der Waals surface area (Å²) in [5.74, 6) is 0.212. The van der Waals surface area contributed by atoms with Gasteiger partial charge in [-0.25, -0.2) is 0 Å². The minimum absolute atomic E-state index is 0.212. The zero-order valence-electron chi connectivity index (χ0n) is 11.6. The Morgan fingerprint density at radius 3 is 2.50 bits per heavy atom. The quantitative estimate of drug-likeness (QED) is 0.582. The molecule has 4 heteroatoms. The second-order valence-corrected chi connectivity index (χ2v) is 5.21. The molecule has 4 nitrogen and oxygen atoms in total. The lowest BCUT2D eigenvalue weighted by Gasteiger charge is -2.14. The molecule has 0 aromatic carbocycles. The molecule has 0 atom stereocenters. The van der Waals surface area contributed by atoms with Crippen LogP contribution in [0.15, 0.2) is 0 Å². The Hall–Kier alpha value is -0.610. The second-order valence-electron chi connectivity index (χ2n) is 5.21. The smallest absolute Gasteiger partial charge is 0.219 e. The summed E-state index contributed by atoms with van der Waals surface area (Å²) in [5, 5.41) is 3.01. The highest BCUT2D eigenvalue weighted by Crippen LogP contribution is 2.07. The summed E-state index contributed by atoms with van der Waals surface area (Å²) >= 11 is 0. The Morgan fingerprint density at radius 2 is 1.78 bits per heavy atom. The number of hydrogen-bond acceptors (Lipinski definition) is 3. The molecule has 1 aliphatic rings. The van der Waals surface area contributed by atoms with Crippen molar-refractivity contribution in [3.8, 4) is 0 Å². The number of nitrogens with zero attached hydrogens (tertiary/aromatic N) is 1. The Morgan fingerprint density at radius 1 is 1.06 bits per heavy atom. The number of likely N-dealkylation sites (tertiary alicyclic amines) is 1. The van der Waals surface area contributed by atoms with Gasteiger partial charge in [-0.2, -0.15) is 0 Å². The lowest BCUT2D eigenvalue weighted by Crippen LogP contribution is -2.28. The van der Waals surface area contributed by atoms with Crippen molar-refractivity contribution in [3.63, 3.8) is 0 Å². The van der Waals surface area contributed by atoms with Gasteiger partial charge in [-0.3, -0.25) is 4.79 Å². The molecular weight excluding hydrogens is 226 g/mol. The van der Waals surface area contributed by atoms with Crippen LogP contribution in [0, 0.1) is 0 Å². The monoisotopic (exact) mass is 255 g/mol. The number of rotatable bonds is 10. The first-order valence-electron chi connectivity index (χ1n) is 7.52. The molecule has 0 radical (unpaired) electrons. The summed E-state index contributed by atoms with van der Waals surface area (Å²) < 4.78 is 0. The third-order valence-electron chi connectivity index (χ3n) is 3.53. The number of amides is 1. The van der Waals surface area contributed by atoms with E-state index in [2.05, 4.69) is 10.2 Å². The van der Waals surface area contributed by atoms with Crippen LogP contribution in [0.2, 0.25) is 0 Å². The molecule has 106 valence electrons. The van der Waals surface area contributed by atoms with Crippen molar-refractivity contribution >= 4 is 5.91 Å². The molecule has 1 aliphatic heterocycles. The summed E-state index contributed by atoms with van der Waals surface area (Å²) in [6.45, 7) is 5.22. The van der Waals surface area contributed by atoms with Crippen molar-refractivity contribution in [3.05, 3.63) is 0 Å². The van der Waals surface area contributed by atoms with Gasteiger partial charge in [-0.05, 0) is 58.3 Å². The van der Waals surface area contributed by atoms with E-state index in [9.17, 15) is 4.79 Å². The van der Waals surface area contributed by atoms with E-state index >= 15 is 0 Å². The topological polar surface area (TPSA) is 58.4 Å². The van der Waals surface area contributed by atoms with Gasteiger partial charge in [0.1, 0.15) is 0 Å². The summed E-state index contributed by atoms with van der Waals surface area (Å²) in [6.07, 6.45) is 8.80. The first kappa shape index (κ1) is 15.4. The van der Waals surface area contributed by atoms with E-state index in [1.807, 2.05) is 0 Å². The number of hydrogen-bond donors (Lipinski definition) is 2. The highest BCUT2D eigenvalue weighted by molar-refractivity contribution is 5.75. The summed E-state index contributed by atoms with van der Waals surface area (Å²) in [7, 11) is 0. The Kier molecular flexibility index (Phi) is 8.86. The van der Waals surface area contributed by atoms with Crippen molar-refractivity contribution in [1.82, 2.24) is 10.2 Å². The lowest BCUT2D eigenvalue weighted by atomic mass is 10.1. The largest absolute Gasteiger partial charge is 0.356 e. The first-order chi connectivity index (χ1) is 8.83. The van der Waals surface area contributed by atoms with Crippen LogP contribution >= 0.6 is 0 Å². The van der Waals surface area contributed by atoms with Crippen molar-refractivity contribution < 1.29 is 4.79 Å². The summed E-state index contributed by atoms with van der Waals surface area (Å²) in [6, 6.07) is 0. The molecule has 3 N–H and O–H groups in total. The molecule has 0 aromatic heterocycles. The second kappa shape index (κ2) is 10.3.